The minimum atomic E-state index is 0.654. The zero-order valence-electron chi connectivity index (χ0n) is 10.7. The fourth-order valence-electron chi connectivity index (χ4n) is 2.88. The second kappa shape index (κ2) is 5.19. The lowest BCUT2D eigenvalue weighted by Crippen LogP contribution is -2.32. The zero-order valence-corrected chi connectivity index (χ0v) is 12.3. The van der Waals surface area contributed by atoms with Crippen LogP contribution in [0.2, 0.25) is 0 Å². The van der Waals surface area contributed by atoms with Crippen molar-refractivity contribution in [1.82, 2.24) is 10.2 Å². The highest BCUT2D eigenvalue weighted by atomic mass is 79.9. The van der Waals surface area contributed by atoms with Crippen LogP contribution in [-0.2, 0) is 13.0 Å². The third-order valence-corrected chi connectivity index (χ3v) is 4.36. The van der Waals surface area contributed by atoms with E-state index in [1.165, 1.54) is 22.0 Å². The molecule has 3 rings (SSSR count). The van der Waals surface area contributed by atoms with Crippen LogP contribution in [0.3, 0.4) is 0 Å². The first-order valence-corrected chi connectivity index (χ1v) is 7.38. The second-order valence-electron chi connectivity index (χ2n) is 5.21. The molecule has 0 saturated carbocycles. The average molecular weight is 311 g/mol. The second-order valence-corrected chi connectivity index (χ2v) is 6.13. The molecule has 2 heterocycles. The molecular formula is C14H19BrN2O. The van der Waals surface area contributed by atoms with Crippen LogP contribution in [0, 0.1) is 0 Å². The first-order valence-electron chi connectivity index (χ1n) is 6.59. The number of fused-ring (bicyclic) bond motifs is 1. The first-order chi connectivity index (χ1) is 8.74. The quantitative estimate of drug-likeness (QED) is 0.926. The summed E-state index contributed by atoms with van der Waals surface area (Å²) >= 11 is 3.60. The van der Waals surface area contributed by atoms with Crippen molar-refractivity contribution >= 4 is 15.9 Å². The van der Waals surface area contributed by atoms with Crippen molar-refractivity contribution in [3.8, 4) is 5.75 Å². The van der Waals surface area contributed by atoms with Gasteiger partial charge in [-0.2, -0.15) is 0 Å². The van der Waals surface area contributed by atoms with Crippen LogP contribution in [0.4, 0.5) is 0 Å². The predicted octanol–water partition coefficient (Wildman–Crippen LogP) is 2.18. The molecule has 0 radical (unpaired) electrons. The smallest absolute Gasteiger partial charge is 0.127 e. The lowest BCUT2D eigenvalue weighted by molar-refractivity contribution is 0.244. The summed E-state index contributed by atoms with van der Waals surface area (Å²) in [6.07, 6.45) is 2.28. The molecule has 18 heavy (non-hydrogen) atoms. The minimum absolute atomic E-state index is 0.654. The van der Waals surface area contributed by atoms with E-state index in [0.717, 1.165) is 38.4 Å². The van der Waals surface area contributed by atoms with Crippen LogP contribution in [0.1, 0.15) is 17.5 Å². The van der Waals surface area contributed by atoms with Gasteiger partial charge in [0.15, 0.2) is 0 Å². The van der Waals surface area contributed by atoms with E-state index in [1.54, 1.807) is 0 Å². The zero-order chi connectivity index (χ0) is 12.5. The van der Waals surface area contributed by atoms with Crippen molar-refractivity contribution in [2.75, 3.05) is 26.7 Å². The Morgan fingerprint density at radius 2 is 2.39 bits per heavy atom. The number of nitrogens with one attached hydrogen (secondary N) is 1. The van der Waals surface area contributed by atoms with Crippen LogP contribution in [0.15, 0.2) is 16.6 Å². The Morgan fingerprint density at radius 1 is 1.50 bits per heavy atom. The molecular weight excluding hydrogens is 292 g/mol. The number of hydrogen-bond donors (Lipinski definition) is 1. The maximum Gasteiger partial charge on any atom is 0.127 e. The average Bonchev–Trinajstić information content (AvgIpc) is 2.98. The Morgan fingerprint density at radius 3 is 3.17 bits per heavy atom. The highest BCUT2D eigenvalue weighted by molar-refractivity contribution is 9.10. The molecule has 2 aliphatic heterocycles. The number of nitrogens with zero attached hydrogens (tertiary/aromatic N) is 1. The lowest BCUT2D eigenvalue weighted by Gasteiger charge is -2.24. The third-order valence-electron chi connectivity index (χ3n) is 3.90. The maximum absolute atomic E-state index is 5.78. The standard InChI is InChI=1S/C14H19BrN2O/c1-17(13-2-4-16-8-13)9-11-7-12(15)6-10-3-5-18-14(10)11/h6-7,13,16H,2-5,8-9H2,1H3. The van der Waals surface area contributed by atoms with E-state index in [4.69, 9.17) is 4.74 Å². The number of halogens is 1. The van der Waals surface area contributed by atoms with Gasteiger partial charge in [-0.05, 0) is 37.7 Å². The molecule has 98 valence electrons. The van der Waals surface area contributed by atoms with Gasteiger partial charge in [0, 0.05) is 35.6 Å². The normalized spacial score (nSPS) is 22.3. The van der Waals surface area contributed by atoms with E-state index in [-0.39, 0.29) is 0 Å². The highest BCUT2D eigenvalue weighted by Gasteiger charge is 2.22. The molecule has 0 amide bonds. The molecule has 1 fully saturated rings. The van der Waals surface area contributed by atoms with Crippen molar-refractivity contribution in [3.63, 3.8) is 0 Å². The molecule has 0 aliphatic carbocycles. The summed E-state index contributed by atoms with van der Waals surface area (Å²) in [4.78, 5) is 2.43. The summed E-state index contributed by atoms with van der Waals surface area (Å²) in [5, 5.41) is 3.42. The molecule has 0 bridgehead atoms. The fourth-order valence-corrected chi connectivity index (χ4v) is 3.43. The van der Waals surface area contributed by atoms with Gasteiger partial charge in [-0.1, -0.05) is 15.9 Å². The van der Waals surface area contributed by atoms with Crippen molar-refractivity contribution in [1.29, 1.82) is 0 Å². The van der Waals surface area contributed by atoms with Crippen molar-refractivity contribution in [2.24, 2.45) is 0 Å². The van der Waals surface area contributed by atoms with Crippen LogP contribution < -0.4 is 10.1 Å². The Hall–Kier alpha value is -0.580. The summed E-state index contributed by atoms with van der Waals surface area (Å²) in [6, 6.07) is 5.03. The molecule has 0 spiro atoms. The number of ether oxygens (including phenoxy) is 1. The van der Waals surface area contributed by atoms with Gasteiger partial charge >= 0.3 is 0 Å². The largest absolute Gasteiger partial charge is 0.493 e. The van der Waals surface area contributed by atoms with Gasteiger partial charge in [0.1, 0.15) is 5.75 Å². The van der Waals surface area contributed by atoms with Crippen molar-refractivity contribution in [2.45, 2.75) is 25.4 Å². The fraction of sp³-hybridized carbons (Fsp3) is 0.571. The van der Waals surface area contributed by atoms with E-state index in [9.17, 15) is 0 Å². The topological polar surface area (TPSA) is 24.5 Å². The summed E-state index contributed by atoms with van der Waals surface area (Å²) in [5.41, 5.74) is 2.66. The molecule has 1 saturated heterocycles. The van der Waals surface area contributed by atoms with E-state index >= 15 is 0 Å². The number of benzene rings is 1. The first kappa shape index (κ1) is 12.5. The Bertz CT molecular complexity index is 444. The molecule has 0 aromatic heterocycles. The molecule has 4 heteroatoms. The van der Waals surface area contributed by atoms with Crippen LogP contribution in [0.25, 0.3) is 0 Å². The molecule has 1 aromatic carbocycles. The van der Waals surface area contributed by atoms with Gasteiger partial charge in [0.05, 0.1) is 6.61 Å². The molecule has 1 atom stereocenters. The van der Waals surface area contributed by atoms with E-state index in [0.29, 0.717) is 6.04 Å². The number of likely N-dealkylation sites (N-methyl/N-ethyl adjacent to an activating group) is 1. The van der Waals surface area contributed by atoms with Crippen LogP contribution in [-0.4, -0.2) is 37.7 Å². The van der Waals surface area contributed by atoms with Gasteiger partial charge in [0.2, 0.25) is 0 Å². The lowest BCUT2D eigenvalue weighted by atomic mass is 10.1. The summed E-state index contributed by atoms with van der Waals surface area (Å²) in [7, 11) is 2.21. The maximum atomic E-state index is 5.78. The molecule has 1 aromatic rings. The molecule has 1 unspecified atom stereocenters. The summed E-state index contributed by atoms with van der Waals surface area (Å²) in [6.45, 7) is 4.04. The van der Waals surface area contributed by atoms with E-state index < -0.39 is 0 Å². The molecule has 1 N–H and O–H groups in total. The van der Waals surface area contributed by atoms with Gasteiger partial charge < -0.3 is 10.1 Å². The third kappa shape index (κ3) is 2.42. The molecule has 3 nitrogen and oxygen atoms in total. The highest BCUT2D eigenvalue weighted by Crippen LogP contribution is 2.33. The van der Waals surface area contributed by atoms with Gasteiger partial charge in [-0.15, -0.1) is 0 Å². The Labute approximate surface area is 117 Å². The monoisotopic (exact) mass is 310 g/mol. The van der Waals surface area contributed by atoms with Gasteiger partial charge in [-0.3, -0.25) is 4.90 Å². The van der Waals surface area contributed by atoms with E-state index in [2.05, 4.69) is 45.3 Å². The minimum Gasteiger partial charge on any atom is -0.493 e. The number of hydrogen-bond acceptors (Lipinski definition) is 3. The van der Waals surface area contributed by atoms with Crippen LogP contribution in [0.5, 0.6) is 5.75 Å². The van der Waals surface area contributed by atoms with Gasteiger partial charge in [-0.25, -0.2) is 0 Å². The summed E-state index contributed by atoms with van der Waals surface area (Å²) in [5.74, 6) is 1.12. The SMILES string of the molecule is CN(Cc1cc(Br)cc2c1OCC2)C1CCNC1. The Kier molecular flexibility index (Phi) is 3.59. The Balaban J connectivity index is 1.79. The number of rotatable bonds is 3. The predicted molar refractivity (Wildman–Crippen MR) is 76.1 cm³/mol. The van der Waals surface area contributed by atoms with Crippen molar-refractivity contribution < 1.29 is 4.74 Å². The van der Waals surface area contributed by atoms with Crippen LogP contribution >= 0.6 is 15.9 Å². The van der Waals surface area contributed by atoms with Crippen molar-refractivity contribution in [3.05, 3.63) is 27.7 Å². The molecule has 2 aliphatic rings. The summed E-state index contributed by atoms with van der Waals surface area (Å²) < 4.78 is 6.95. The van der Waals surface area contributed by atoms with E-state index in [1.807, 2.05) is 0 Å². The van der Waals surface area contributed by atoms with Gasteiger partial charge in [0.25, 0.3) is 0 Å².